The van der Waals surface area contributed by atoms with Crippen LogP contribution in [0.15, 0.2) is 65.7 Å². The Hall–Kier alpha value is -3.24. The summed E-state index contributed by atoms with van der Waals surface area (Å²) in [7, 11) is 4.98. The zero-order valence-electron chi connectivity index (χ0n) is 17.8. The molecule has 0 saturated carbocycles. The molecule has 4 rings (SSSR count). The summed E-state index contributed by atoms with van der Waals surface area (Å²) >= 11 is 6.09. The minimum atomic E-state index is 0.691. The summed E-state index contributed by atoms with van der Waals surface area (Å²) in [5, 5.41) is 0.709. The van der Waals surface area contributed by atoms with Crippen LogP contribution in [0.2, 0.25) is 5.02 Å². The van der Waals surface area contributed by atoms with Crippen LogP contribution in [0.25, 0.3) is 11.6 Å². The van der Waals surface area contributed by atoms with E-state index >= 15 is 0 Å². The van der Waals surface area contributed by atoms with Crippen LogP contribution in [0.4, 0.5) is 0 Å². The second kappa shape index (κ2) is 9.27. The second-order valence-corrected chi connectivity index (χ2v) is 7.62. The molecule has 0 unspecified atom stereocenters. The minimum Gasteiger partial charge on any atom is -0.497 e. The van der Waals surface area contributed by atoms with E-state index in [1.165, 1.54) is 5.56 Å². The number of ether oxygens (including phenoxy) is 3. The summed E-state index contributed by atoms with van der Waals surface area (Å²) in [4.78, 5) is 4.93. The molecule has 0 spiro atoms. The van der Waals surface area contributed by atoms with Crippen molar-refractivity contribution >= 4 is 29.0 Å². The third-order valence-corrected chi connectivity index (χ3v) is 5.60. The molecule has 1 aliphatic heterocycles. The molecule has 0 radical (unpaired) electrons. The van der Waals surface area contributed by atoms with Gasteiger partial charge in [0.15, 0.2) is 11.5 Å². The van der Waals surface area contributed by atoms with Crippen molar-refractivity contribution in [1.82, 2.24) is 0 Å². The van der Waals surface area contributed by atoms with Crippen LogP contribution in [0, 0.1) is 0 Å². The van der Waals surface area contributed by atoms with Gasteiger partial charge in [-0.05, 0) is 65.6 Å². The molecule has 31 heavy (non-hydrogen) atoms. The van der Waals surface area contributed by atoms with Gasteiger partial charge in [-0.15, -0.1) is 0 Å². The van der Waals surface area contributed by atoms with Crippen LogP contribution in [0.3, 0.4) is 0 Å². The van der Waals surface area contributed by atoms with Gasteiger partial charge in [0.1, 0.15) is 5.75 Å². The zero-order valence-corrected chi connectivity index (χ0v) is 18.6. The fourth-order valence-electron chi connectivity index (χ4n) is 3.74. The normalized spacial score (nSPS) is 13.3. The van der Waals surface area contributed by atoms with Gasteiger partial charge < -0.3 is 14.2 Å². The molecule has 0 bridgehead atoms. The van der Waals surface area contributed by atoms with E-state index in [-0.39, 0.29) is 0 Å². The van der Waals surface area contributed by atoms with Crippen LogP contribution in [0.5, 0.6) is 17.2 Å². The molecule has 0 aromatic heterocycles. The van der Waals surface area contributed by atoms with Gasteiger partial charge in [-0.3, -0.25) is 4.99 Å². The molecule has 158 valence electrons. The summed E-state index contributed by atoms with van der Waals surface area (Å²) in [6.45, 7) is 0.714. The fourth-order valence-corrected chi connectivity index (χ4v) is 3.86. The second-order valence-electron chi connectivity index (χ2n) is 7.18. The van der Waals surface area contributed by atoms with Gasteiger partial charge in [0.25, 0.3) is 0 Å². The van der Waals surface area contributed by atoms with E-state index in [1.54, 1.807) is 21.3 Å². The summed E-state index contributed by atoms with van der Waals surface area (Å²) in [5.41, 5.74) is 6.31. The van der Waals surface area contributed by atoms with Crippen molar-refractivity contribution in [2.75, 3.05) is 27.9 Å². The third kappa shape index (κ3) is 4.44. The Balaban J connectivity index is 1.88. The van der Waals surface area contributed by atoms with Crippen LogP contribution in [-0.4, -0.2) is 33.6 Å². The van der Waals surface area contributed by atoms with Crippen LogP contribution < -0.4 is 14.2 Å². The van der Waals surface area contributed by atoms with Crippen molar-refractivity contribution in [2.24, 2.45) is 4.99 Å². The number of nitrogens with zero attached hydrogens (tertiary/aromatic N) is 1. The number of aliphatic imine (C=N–C) groups is 1. The van der Waals surface area contributed by atoms with Crippen molar-refractivity contribution in [3.8, 4) is 17.2 Å². The first-order valence-electron chi connectivity index (χ1n) is 10.0. The van der Waals surface area contributed by atoms with Gasteiger partial charge in [0, 0.05) is 22.7 Å². The molecule has 1 heterocycles. The Kier molecular flexibility index (Phi) is 6.28. The first-order chi connectivity index (χ1) is 15.1. The van der Waals surface area contributed by atoms with Crippen LogP contribution in [-0.2, 0) is 6.42 Å². The van der Waals surface area contributed by atoms with E-state index in [0.717, 1.165) is 45.9 Å². The Bertz CT molecular complexity index is 1130. The molecule has 3 aromatic carbocycles. The average Bonchev–Trinajstić information content (AvgIpc) is 2.82. The van der Waals surface area contributed by atoms with Crippen molar-refractivity contribution in [3.63, 3.8) is 0 Å². The van der Waals surface area contributed by atoms with E-state index in [4.69, 9.17) is 30.8 Å². The highest BCUT2D eigenvalue weighted by molar-refractivity contribution is 6.36. The topological polar surface area (TPSA) is 40.0 Å². The predicted molar refractivity (Wildman–Crippen MR) is 127 cm³/mol. The lowest BCUT2D eigenvalue weighted by molar-refractivity contribution is 0.354. The first kappa shape index (κ1) is 21.0. The van der Waals surface area contributed by atoms with E-state index in [0.29, 0.717) is 17.3 Å². The number of methoxy groups -OCH3 is 3. The Morgan fingerprint density at radius 2 is 1.55 bits per heavy atom. The SMILES string of the molecule is COc1ccc(/C(=C/c2ccc(Cl)cc2)C2=NCCc3cc(OC)c(OC)cc32)cc1. The molecular weight excluding hydrogens is 410 g/mol. The molecule has 0 fully saturated rings. The summed E-state index contributed by atoms with van der Waals surface area (Å²) in [6.07, 6.45) is 3.00. The molecule has 0 aliphatic carbocycles. The number of fused-ring (bicyclic) bond motifs is 1. The molecule has 0 amide bonds. The van der Waals surface area contributed by atoms with Crippen molar-refractivity contribution in [3.05, 3.63) is 87.9 Å². The standard InChI is InChI=1S/C26H24ClNO3/c1-29-21-10-6-18(7-11-21)22(14-17-4-8-20(27)9-5-17)26-23-16-25(31-3)24(30-2)15-19(23)12-13-28-26/h4-11,14-16H,12-13H2,1-3H3/b22-14-. The molecule has 3 aromatic rings. The molecule has 0 N–H and O–H groups in total. The highest BCUT2D eigenvalue weighted by atomic mass is 35.5. The smallest absolute Gasteiger partial charge is 0.161 e. The average molecular weight is 434 g/mol. The van der Waals surface area contributed by atoms with Gasteiger partial charge in [-0.1, -0.05) is 35.9 Å². The van der Waals surface area contributed by atoms with Gasteiger partial charge in [-0.2, -0.15) is 0 Å². The maximum Gasteiger partial charge on any atom is 0.161 e. The van der Waals surface area contributed by atoms with E-state index in [1.807, 2.05) is 42.5 Å². The maximum atomic E-state index is 6.09. The molecule has 4 nitrogen and oxygen atoms in total. The Morgan fingerprint density at radius 3 is 2.19 bits per heavy atom. The maximum absolute atomic E-state index is 6.09. The Labute approximate surface area is 187 Å². The largest absolute Gasteiger partial charge is 0.497 e. The van der Waals surface area contributed by atoms with Gasteiger partial charge in [-0.25, -0.2) is 0 Å². The predicted octanol–water partition coefficient (Wildman–Crippen LogP) is 5.95. The van der Waals surface area contributed by atoms with E-state index in [9.17, 15) is 0 Å². The lowest BCUT2D eigenvalue weighted by Crippen LogP contribution is -2.15. The first-order valence-corrected chi connectivity index (χ1v) is 10.4. The zero-order chi connectivity index (χ0) is 21.8. The highest BCUT2D eigenvalue weighted by Gasteiger charge is 2.22. The van der Waals surface area contributed by atoms with Crippen molar-refractivity contribution in [2.45, 2.75) is 6.42 Å². The monoisotopic (exact) mass is 433 g/mol. The summed E-state index contributed by atoms with van der Waals surface area (Å²) in [5.74, 6) is 2.23. The number of hydrogen-bond acceptors (Lipinski definition) is 4. The van der Waals surface area contributed by atoms with Crippen molar-refractivity contribution in [1.29, 1.82) is 0 Å². The molecule has 0 atom stereocenters. The highest BCUT2D eigenvalue weighted by Crippen LogP contribution is 2.36. The molecule has 5 heteroatoms. The Morgan fingerprint density at radius 1 is 0.871 bits per heavy atom. The fraction of sp³-hybridized carbons (Fsp3) is 0.192. The number of allylic oxidation sites excluding steroid dienone is 1. The van der Waals surface area contributed by atoms with Gasteiger partial charge >= 0.3 is 0 Å². The lowest BCUT2D eigenvalue weighted by atomic mass is 9.88. The summed E-state index contributed by atoms with van der Waals surface area (Å²) < 4.78 is 16.4. The summed E-state index contributed by atoms with van der Waals surface area (Å²) in [6, 6.07) is 19.9. The number of halogens is 1. The number of hydrogen-bond donors (Lipinski definition) is 0. The van der Waals surface area contributed by atoms with Gasteiger partial charge in [0.05, 0.1) is 27.0 Å². The number of benzene rings is 3. The minimum absolute atomic E-state index is 0.691. The van der Waals surface area contributed by atoms with Crippen molar-refractivity contribution < 1.29 is 14.2 Å². The van der Waals surface area contributed by atoms with Crippen LogP contribution in [0.1, 0.15) is 22.3 Å². The molecule has 0 saturated heterocycles. The molecular formula is C26H24ClNO3. The lowest BCUT2D eigenvalue weighted by Gasteiger charge is -2.22. The van der Waals surface area contributed by atoms with E-state index in [2.05, 4.69) is 24.3 Å². The quantitative estimate of drug-likeness (QED) is 0.451. The molecule has 1 aliphatic rings. The number of rotatable bonds is 6. The van der Waals surface area contributed by atoms with Gasteiger partial charge in [0.2, 0.25) is 0 Å². The van der Waals surface area contributed by atoms with Crippen LogP contribution >= 0.6 is 11.6 Å². The van der Waals surface area contributed by atoms with E-state index < -0.39 is 0 Å². The third-order valence-electron chi connectivity index (χ3n) is 5.35.